The third-order valence-corrected chi connectivity index (χ3v) is 0. The molecule has 0 aromatic heterocycles. The van der Waals surface area contributed by atoms with E-state index in [4.69, 9.17) is 19.2 Å². The van der Waals surface area contributed by atoms with Crippen LogP contribution in [0.15, 0.2) is 0 Å². The fourth-order valence-electron chi connectivity index (χ4n) is 0. The van der Waals surface area contributed by atoms with Crippen LogP contribution in [0, 0.1) is 0 Å². The van der Waals surface area contributed by atoms with Gasteiger partial charge in [0.05, 0.1) is 0 Å². The van der Waals surface area contributed by atoms with Crippen LogP contribution in [0.2, 0.25) is 0 Å². The van der Waals surface area contributed by atoms with E-state index in [1.54, 1.807) is 0 Å². The molecular formula is H6ClNaO4Si. The summed E-state index contributed by atoms with van der Waals surface area (Å²) in [5.41, 5.74) is 0. The Kier molecular flexibility index (Phi) is 12.3. The molecule has 0 aliphatic carbocycles. The number of rotatable bonds is 0. The van der Waals surface area contributed by atoms with E-state index in [9.17, 15) is 0 Å². The fraction of sp³-hybridized carbons (Fsp3) is 0. The second-order valence-corrected chi connectivity index (χ2v) is 1.80. The molecule has 0 heterocycles. The van der Waals surface area contributed by atoms with Crippen molar-refractivity contribution in [2.24, 2.45) is 0 Å². The van der Waals surface area contributed by atoms with Gasteiger partial charge in [-0.1, -0.05) is 0 Å². The summed E-state index contributed by atoms with van der Waals surface area (Å²) in [7, 11) is -4.61. The second kappa shape index (κ2) is 5.48. The zero-order valence-corrected chi connectivity index (χ0v) is 7.51. The fourth-order valence-corrected chi connectivity index (χ4v) is 0. The smallest absolute Gasteiger partial charge is 1.00 e. The van der Waals surface area contributed by atoms with E-state index in [2.05, 4.69) is 0 Å². The van der Waals surface area contributed by atoms with E-state index < -0.39 is 9.05 Å². The SMILES string of the molecule is Cl.O[Si](O)(O)O.[H-].[Na+]. The molecule has 0 saturated carbocycles. The normalized spacial score (nSPS) is 8.57. The van der Waals surface area contributed by atoms with Gasteiger partial charge in [0, 0.05) is 0 Å². The Morgan fingerprint density at radius 1 is 1.00 bits per heavy atom. The quantitative estimate of drug-likeness (QED) is 0.265. The summed E-state index contributed by atoms with van der Waals surface area (Å²) in [6.45, 7) is 0. The van der Waals surface area contributed by atoms with Gasteiger partial charge in [0.15, 0.2) is 0 Å². The first-order valence-electron chi connectivity index (χ1n) is 0.894. The van der Waals surface area contributed by atoms with Crippen molar-refractivity contribution in [2.75, 3.05) is 0 Å². The van der Waals surface area contributed by atoms with Gasteiger partial charge in [-0.2, -0.15) is 0 Å². The molecule has 7 heteroatoms. The number of hydrogen-bond donors (Lipinski definition) is 4. The summed E-state index contributed by atoms with van der Waals surface area (Å²) in [5.74, 6) is 0. The maximum absolute atomic E-state index is 7.33. The summed E-state index contributed by atoms with van der Waals surface area (Å²) < 4.78 is 0. The first-order valence-corrected chi connectivity index (χ1v) is 2.68. The Labute approximate surface area is 71.5 Å². The van der Waals surface area contributed by atoms with Crippen LogP contribution in [0.4, 0.5) is 0 Å². The van der Waals surface area contributed by atoms with Gasteiger partial charge >= 0.3 is 38.6 Å². The number of hydrogen-bond acceptors (Lipinski definition) is 4. The third-order valence-electron chi connectivity index (χ3n) is 0. The molecule has 7 heavy (non-hydrogen) atoms. The molecule has 4 nitrogen and oxygen atoms in total. The molecule has 0 spiro atoms. The molecule has 0 aliphatic rings. The zero-order chi connectivity index (χ0) is 4.50. The van der Waals surface area contributed by atoms with Crippen molar-refractivity contribution in [3.63, 3.8) is 0 Å². The average molecular weight is 157 g/mol. The molecule has 0 unspecified atom stereocenters. The van der Waals surface area contributed by atoms with E-state index in [-0.39, 0.29) is 43.4 Å². The molecule has 0 atom stereocenters. The summed E-state index contributed by atoms with van der Waals surface area (Å²) in [4.78, 5) is 29.3. The minimum atomic E-state index is -4.61. The molecule has 0 aliphatic heterocycles. The molecule has 0 fully saturated rings. The average Bonchev–Trinajstić information content (AvgIpc) is 0.722. The van der Waals surface area contributed by atoms with Crippen LogP contribution in [0.5, 0.6) is 0 Å². The molecule has 0 radical (unpaired) electrons. The Hall–Kier alpha value is 1.35. The van der Waals surface area contributed by atoms with Gasteiger partial charge in [0.25, 0.3) is 0 Å². The standard InChI is InChI=1S/ClH.Na.H4O4Si.H/c;;1-5(2,3)4;/h1H;;1-4H;/q;+1;;-1. The van der Waals surface area contributed by atoms with Crippen LogP contribution in [0.25, 0.3) is 0 Å². The molecule has 0 saturated heterocycles. The molecule has 0 amide bonds. The summed E-state index contributed by atoms with van der Waals surface area (Å²) in [5, 5.41) is 0. The van der Waals surface area contributed by atoms with E-state index in [1.807, 2.05) is 0 Å². The van der Waals surface area contributed by atoms with Gasteiger partial charge in [-0.25, -0.2) is 0 Å². The summed E-state index contributed by atoms with van der Waals surface area (Å²) >= 11 is 0. The van der Waals surface area contributed by atoms with Crippen molar-refractivity contribution in [1.82, 2.24) is 0 Å². The first-order chi connectivity index (χ1) is 2.00. The largest absolute Gasteiger partial charge is 1.00 e. The predicted octanol–water partition coefficient (Wildman–Crippen LogP) is -5.07. The Balaban J connectivity index is -0.0000000267. The van der Waals surface area contributed by atoms with Crippen LogP contribution in [0.1, 0.15) is 1.43 Å². The molecule has 0 bridgehead atoms. The van der Waals surface area contributed by atoms with Crippen LogP contribution in [-0.4, -0.2) is 28.2 Å². The van der Waals surface area contributed by atoms with Gasteiger partial charge < -0.3 is 20.6 Å². The topological polar surface area (TPSA) is 80.9 Å². The maximum Gasteiger partial charge on any atom is 1.00 e. The zero-order valence-electron chi connectivity index (χ0n) is 4.70. The van der Waals surface area contributed by atoms with E-state index >= 15 is 0 Å². The van der Waals surface area contributed by atoms with Crippen molar-refractivity contribution in [2.45, 2.75) is 0 Å². The van der Waals surface area contributed by atoms with Crippen molar-refractivity contribution < 1.29 is 50.2 Å². The molecule has 0 aromatic rings. The van der Waals surface area contributed by atoms with Gasteiger partial charge in [0.2, 0.25) is 0 Å². The van der Waals surface area contributed by atoms with E-state index in [1.165, 1.54) is 0 Å². The summed E-state index contributed by atoms with van der Waals surface area (Å²) in [6, 6.07) is 0. The van der Waals surface area contributed by atoms with Gasteiger partial charge in [0.1, 0.15) is 0 Å². The van der Waals surface area contributed by atoms with Crippen molar-refractivity contribution in [3.05, 3.63) is 0 Å². The van der Waals surface area contributed by atoms with Crippen LogP contribution < -0.4 is 29.6 Å². The summed E-state index contributed by atoms with van der Waals surface area (Å²) in [6.07, 6.45) is 0. The monoisotopic (exact) mass is 156 g/mol. The van der Waals surface area contributed by atoms with Crippen LogP contribution in [0.3, 0.4) is 0 Å². The third kappa shape index (κ3) is 116. The van der Waals surface area contributed by atoms with Crippen LogP contribution >= 0.6 is 12.4 Å². The molecule has 42 valence electrons. The second-order valence-electron chi connectivity index (χ2n) is 0.600. The molecule has 0 rings (SSSR count). The van der Waals surface area contributed by atoms with E-state index in [0.717, 1.165) is 0 Å². The Morgan fingerprint density at radius 2 is 1.00 bits per heavy atom. The van der Waals surface area contributed by atoms with Gasteiger partial charge in [-0.3, -0.25) is 0 Å². The van der Waals surface area contributed by atoms with Crippen molar-refractivity contribution in [1.29, 1.82) is 0 Å². The maximum atomic E-state index is 7.33. The first kappa shape index (κ1) is 15.8. The molecule has 4 N–H and O–H groups in total. The van der Waals surface area contributed by atoms with Gasteiger partial charge in [-0.15, -0.1) is 12.4 Å². The minimum Gasteiger partial charge on any atom is -1.00 e. The predicted molar refractivity (Wildman–Crippen MR) is 23.0 cm³/mol. The minimum absolute atomic E-state index is 0. The Bertz CT molecular complexity index is 31.5. The van der Waals surface area contributed by atoms with Crippen molar-refractivity contribution >= 4 is 21.5 Å². The molecular weight excluding hydrogens is 151 g/mol. The van der Waals surface area contributed by atoms with E-state index in [0.29, 0.717) is 0 Å². The van der Waals surface area contributed by atoms with Crippen molar-refractivity contribution in [3.8, 4) is 0 Å². The Morgan fingerprint density at radius 3 is 1.00 bits per heavy atom. The van der Waals surface area contributed by atoms with Crippen LogP contribution in [-0.2, 0) is 0 Å². The number of halogens is 1. The van der Waals surface area contributed by atoms with Gasteiger partial charge in [-0.05, 0) is 0 Å². The molecule has 0 aromatic carbocycles.